The lowest BCUT2D eigenvalue weighted by Gasteiger charge is -1.96. The number of aromatic hydroxyl groups is 1. The fraction of sp³-hybridized carbons (Fsp3) is 0. The van der Waals surface area contributed by atoms with Gasteiger partial charge in [-0.15, -0.1) is 0 Å². The molecule has 62 valence electrons. The number of benzene rings is 1. The monoisotopic (exact) mass is 167 g/mol. The summed E-state index contributed by atoms with van der Waals surface area (Å²) in [6.07, 6.45) is 0.257. The van der Waals surface area contributed by atoms with Crippen LogP contribution in [0.4, 0.5) is 5.69 Å². The van der Waals surface area contributed by atoms with E-state index in [-0.39, 0.29) is 23.3 Å². The number of phenols is 1. The molecule has 12 heavy (non-hydrogen) atoms. The van der Waals surface area contributed by atoms with Crippen molar-refractivity contribution in [1.82, 2.24) is 0 Å². The summed E-state index contributed by atoms with van der Waals surface area (Å²) in [5.41, 5.74) is -0.674. The minimum Gasteiger partial charge on any atom is -0.507 e. The number of hydrogen-bond donors (Lipinski definition) is 1. The first-order chi connectivity index (χ1) is 5.66. The molecule has 0 fully saturated rings. The third kappa shape index (κ3) is 1.24. The van der Waals surface area contributed by atoms with Gasteiger partial charge in [0, 0.05) is 6.07 Å². The SMILES string of the molecule is O=Cc1c(O)cccc1[N+](=O)[O-]. The number of phenolic OH excluding ortho intramolecular Hbond substituents is 1. The highest BCUT2D eigenvalue weighted by Gasteiger charge is 2.15. The normalized spacial score (nSPS) is 9.33. The van der Waals surface area contributed by atoms with Crippen LogP contribution < -0.4 is 0 Å². The van der Waals surface area contributed by atoms with Gasteiger partial charge < -0.3 is 5.11 Å². The second-order valence-corrected chi connectivity index (χ2v) is 2.08. The second-order valence-electron chi connectivity index (χ2n) is 2.08. The Labute approximate surface area is 67.4 Å². The summed E-state index contributed by atoms with van der Waals surface area (Å²) >= 11 is 0. The van der Waals surface area contributed by atoms with Crippen LogP contribution in [0.2, 0.25) is 0 Å². The summed E-state index contributed by atoms with van der Waals surface area (Å²) in [7, 11) is 0. The van der Waals surface area contributed by atoms with E-state index in [4.69, 9.17) is 5.11 Å². The van der Waals surface area contributed by atoms with Gasteiger partial charge in [-0.3, -0.25) is 14.9 Å². The Morgan fingerprint density at radius 1 is 1.50 bits per heavy atom. The van der Waals surface area contributed by atoms with E-state index in [9.17, 15) is 14.9 Å². The number of aldehydes is 1. The highest BCUT2D eigenvalue weighted by atomic mass is 16.6. The molecule has 0 radical (unpaired) electrons. The Hall–Kier alpha value is -1.91. The standard InChI is InChI=1S/C7H5NO4/c9-4-5-6(8(11)12)2-1-3-7(5)10/h1-4,10H. The molecular formula is C7H5NO4. The Morgan fingerprint density at radius 2 is 2.17 bits per heavy atom. The molecule has 0 aromatic heterocycles. The van der Waals surface area contributed by atoms with E-state index in [1.54, 1.807) is 0 Å². The van der Waals surface area contributed by atoms with Crippen molar-refractivity contribution < 1.29 is 14.8 Å². The molecule has 0 saturated carbocycles. The van der Waals surface area contributed by atoms with Gasteiger partial charge in [-0.25, -0.2) is 0 Å². The van der Waals surface area contributed by atoms with Gasteiger partial charge in [0.05, 0.1) is 4.92 Å². The largest absolute Gasteiger partial charge is 0.507 e. The van der Waals surface area contributed by atoms with Crippen LogP contribution in [0.25, 0.3) is 0 Å². The van der Waals surface area contributed by atoms with Crippen molar-refractivity contribution in [2.24, 2.45) is 0 Å². The van der Waals surface area contributed by atoms with E-state index in [0.717, 1.165) is 6.07 Å². The van der Waals surface area contributed by atoms with E-state index >= 15 is 0 Å². The molecule has 0 atom stereocenters. The summed E-state index contributed by atoms with van der Waals surface area (Å²) < 4.78 is 0. The minimum atomic E-state index is -0.719. The second kappa shape index (κ2) is 3.00. The van der Waals surface area contributed by atoms with Crippen molar-refractivity contribution in [3.8, 4) is 5.75 Å². The van der Waals surface area contributed by atoms with Crippen LogP contribution in [-0.4, -0.2) is 16.3 Å². The molecule has 0 aliphatic heterocycles. The molecule has 0 aliphatic carbocycles. The van der Waals surface area contributed by atoms with Gasteiger partial charge in [-0.05, 0) is 6.07 Å². The van der Waals surface area contributed by atoms with Gasteiger partial charge in [0.2, 0.25) is 0 Å². The quantitative estimate of drug-likeness (QED) is 0.406. The summed E-state index contributed by atoms with van der Waals surface area (Å²) in [6.45, 7) is 0. The number of carbonyl (C=O) groups excluding carboxylic acids is 1. The zero-order valence-electron chi connectivity index (χ0n) is 5.93. The molecule has 0 unspecified atom stereocenters. The molecule has 0 aliphatic rings. The summed E-state index contributed by atoms with van der Waals surface area (Å²) in [5.74, 6) is -0.376. The van der Waals surface area contributed by atoms with Gasteiger partial charge in [0.25, 0.3) is 5.69 Å². The molecule has 1 aromatic carbocycles. The van der Waals surface area contributed by atoms with E-state index in [0.29, 0.717) is 0 Å². The third-order valence-electron chi connectivity index (χ3n) is 1.37. The lowest BCUT2D eigenvalue weighted by Crippen LogP contribution is -1.93. The Bertz CT molecular complexity index is 334. The van der Waals surface area contributed by atoms with Gasteiger partial charge in [0.1, 0.15) is 11.3 Å². The molecule has 5 nitrogen and oxygen atoms in total. The topological polar surface area (TPSA) is 80.4 Å². The van der Waals surface area contributed by atoms with E-state index in [1.807, 2.05) is 0 Å². The van der Waals surface area contributed by atoms with Crippen LogP contribution in [0.3, 0.4) is 0 Å². The fourth-order valence-electron chi connectivity index (χ4n) is 0.821. The van der Waals surface area contributed by atoms with Crippen molar-refractivity contribution in [3.05, 3.63) is 33.9 Å². The highest BCUT2D eigenvalue weighted by Crippen LogP contribution is 2.24. The number of nitrogens with zero attached hydrogens (tertiary/aromatic N) is 1. The molecule has 0 saturated heterocycles. The van der Waals surface area contributed by atoms with Crippen molar-refractivity contribution in [2.75, 3.05) is 0 Å². The molecular weight excluding hydrogens is 162 g/mol. The molecule has 1 N–H and O–H groups in total. The van der Waals surface area contributed by atoms with Crippen LogP contribution in [-0.2, 0) is 0 Å². The summed E-state index contributed by atoms with van der Waals surface area (Å²) in [4.78, 5) is 19.8. The van der Waals surface area contributed by atoms with Gasteiger partial charge in [-0.1, -0.05) is 6.07 Å². The van der Waals surface area contributed by atoms with E-state index in [1.165, 1.54) is 12.1 Å². The van der Waals surface area contributed by atoms with Crippen LogP contribution in [0, 0.1) is 10.1 Å². The Kier molecular flexibility index (Phi) is 2.05. The lowest BCUT2D eigenvalue weighted by molar-refractivity contribution is -0.385. The number of nitro groups is 1. The Balaban J connectivity index is 3.37. The van der Waals surface area contributed by atoms with Crippen LogP contribution in [0.15, 0.2) is 18.2 Å². The number of nitro benzene ring substituents is 1. The molecule has 1 rings (SSSR count). The van der Waals surface area contributed by atoms with Gasteiger partial charge >= 0.3 is 0 Å². The maximum absolute atomic E-state index is 10.3. The highest BCUT2D eigenvalue weighted by molar-refractivity contribution is 5.85. The third-order valence-corrected chi connectivity index (χ3v) is 1.37. The number of carbonyl (C=O) groups is 1. The average Bonchev–Trinajstić information content (AvgIpc) is 2.03. The minimum absolute atomic E-state index is 0.257. The van der Waals surface area contributed by atoms with E-state index in [2.05, 4.69) is 0 Å². The summed E-state index contributed by atoms with van der Waals surface area (Å²) in [6, 6.07) is 3.68. The fourth-order valence-corrected chi connectivity index (χ4v) is 0.821. The first kappa shape index (κ1) is 8.19. The number of rotatable bonds is 2. The zero-order valence-corrected chi connectivity index (χ0v) is 5.93. The van der Waals surface area contributed by atoms with Gasteiger partial charge in [-0.2, -0.15) is 0 Å². The summed E-state index contributed by atoms with van der Waals surface area (Å²) in [5, 5.41) is 19.3. The van der Waals surface area contributed by atoms with Crippen LogP contribution in [0.1, 0.15) is 10.4 Å². The lowest BCUT2D eigenvalue weighted by atomic mass is 10.2. The van der Waals surface area contributed by atoms with Gasteiger partial charge in [0.15, 0.2) is 6.29 Å². The van der Waals surface area contributed by atoms with Crippen molar-refractivity contribution >= 4 is 12.0 Å². The molecule has 0 bridgehead atoms. The predicted octanol–water partition coefficient (Wildman–Crippen LogP) is 1.11. The Morgan fingerprint density at radius 3 is 2.58 bits per heavy atom. The average molecular weight is 167 g/mol. The van der Waals surface area contributed by atoms with Crippen molar-refractivity contribution in [3.63, 3.8) is 0 Å². The van der Waals surface area contributed by atoms with Crippen LogP contribution in [0.5, 0.6) is 5.75 Å². The molecule has 5 heteroatoms. The molecule has 0 heterocycles. The predicted molar refractivity (Wildman–Crippen MR) is 40.1 cm³/mol. The zero-order chi connectivity index (χ0) is 9.14. The number of hydrogen-bond acceptors (Lipinski definition) is 4. The molecule has 1 aromatic rings. The van der Waals surface area contributed by atoms with Crippen molar-refractivity contribution in [2.45, 2.75) is 0 Å². The maximum atomic E-state index is 10.3. The maximum Gasteiger partial charge on any atom is 0.283 e. The smallest absolute Gasteiger partial charge is 0.283 e. The van der Waals surface area contributed by atoms with E-state index < -0.39 is 4.92 Å². The first-order valence-corrected chi connectivity index (χ1v) is 3.08. The molecule has 0 amide bonds. The molecule has 0 spiro atoms. The van der Waals surface area contributed by atoms with Crippen molar-refractivity contribution in [1.29, 1.82) is 0 Å². The first-order valence-electron chi connectivity index (χ1n) is 3.08. The van der Waals surface area contributed by atoms with Crippen LogP contribution >= 0.6 is 0 Å².